The molecular formula is C21H21FO3S. The van der Waals surface area contributed by atoms with Crippen molar-refractivity contribution in [1.29, 1.82) is 0 Å². The molecule has 0 aromatic heterocycles. The van der Waals surface area contributed by atoms with Gasteiger partial charge in [-0.25, -0.2) is 4.39 Å². The van der Waals surface area contributed by atoms with Gasteiger partial charge in [-0.15, -0.1) is 0 Å². The summed E-state index contributed by atoms with van der Waals surface area (Å²) in [6, 6.07) is 12.4. The second-order valence-corrected chi connectivity index (χ2v) is 7.88. The maximum atomic E-state index is 13.9. The Morgan fingerprint density at radius 2 is 1.88 bits per heavy atom. The molecule has 0 heterocycles. The molecule has 0 amide bonds. The Morgan fingerprint density at radius 3 is 2.50 bits per heavy atom. The predicted octanol–water partition coefficient (Wildman–Crippen LogP) is 4.24. The van der Waals surface area contributed by atoms with Crippen LogP contribution in [0.25, 0.3) is 5.57 Å². The van der Waals surface area contributed by atoms with Gasteiger partial charge >= 0.3 is 5.97 Å². The first-order valence-electron chi connectivity index (χ1n) is 8.39. The van der Waals surface area contributed by atoms with E-state index in [0.29, 0.717) is 6.42 Å². The molecule has 0 saturated carbocycles. The number of methoxy groups -OCH3 is 1. The number of hydrogen-bond donors (Lipinski definition) is 0. The van der Waals surface area contributed by atoms with Gasteiger partial charge in [0.2, 0.25) is 0 Å². The first-order valence-corrected chi connectivity index (χ1v) is 9.95. The molecule has 2 unspecified atom stereocenters. The van der Waals surface area contributed by atoms with E-state index in [1.54, 1.807) is 18.4 Å². The Bertz CT molecular complexity index is 900. The molecule has 3 nitrogen and oxygen atoms in total. The maximum Gasteiger partial charge on any atom is 0.309 e. The van der Waals surface area contributed by atoms with E-state index in [1.165, 1.54) is 13.2 Å². The van der Waals surface area contributed by atoms with Crippen molar-refractivity contribution in [3.05, 3.63) is 70.5 Å². The number of allylic oxidation sites excluding steroid dienone is 1. The summed E-state index contributed by atoms with van der Waals surface area (Å²) >= 11 is 0. The number of carbonyl (C=O) groups excluding carboxylic acids is 1. The first-order chi connectivity index (χ1) is 12.4. The summed E-state index contributed by atoms with van der Waals surface area (Å²) in [5.41, 5.74) is 4.90. The first kappa shape index (κ1) is 18.5. The summed E-state index contributed by atoms with van der Waals surface area (Å²) in [4.78, 5) is 12.6. The topological polar surface area (TPSA) is 43.4 Å². The Morgan fingerprint density at radius 1 is 1.19 bits per heavy atom. The van der Waals surface area contributed by atoms with Crippen LogP contribution in [0.15, 0.2) is 52.9 Å². The lowest BCUT2D eigenvalue weighted by molar-refractivity contribution is -0.139. The molecule has 0 N–H and O–H groups in total. The lowest BCUT2D eigenvalue weighted by Gasteiger charge is -2.15. The van der Waals surface area contributed by atoms with Crippen LogP contribution in [0.5, 0.6) is 0 Å². The third kappa shape index (κ3) is 3.63. The molecule has 0 fully saturated rings. The fourth-order valence-electron chi connectivity index (χ4n) is 3.52. The molecular weight excluding hydrogens is 351 g/mol. The third-order valence-corrected chi connectivity index (χ3v) is 5.89. The molecule has 0 radical (unpaired) electrons. The van der Waals surface area contributed by atoms with Gasteiger partial charge in [-0.05, 0) is 59.9 Å². The van der Waals surface area contributed by atoms with E-state index in [-0.39, 0.29) is 24.1 Å². The van der Waals surface area contributed by atoms with E-state index in [2.05, 4.69) is 0 Å². The van der Waals surface area contributed by atoms with Crippen LogP contribution in [0.3, 0.4) is 0 Å². The van der Waals surface area contributed by atoms with Crippen LogP contribution in [-0.4, -0.2) is 23.5 Å². The second-order valence-electron chi connectivity index (χ2n) is 6.50. The minimum atomic E-state index is -1.01. The number of ether oxygens (including phenoxy) is 1. The Kier molecular flexibility index (Phi) is 5.37. The van der Waals surface area contributed by atoms with Gasteiger partial charge in [-0.1, -0.05) is 23.8 Å². The Hall–Kier alpha value is -2.27. The van der Waals surface area contributed by atoms with Gasteiger partial charge in [0.25, 0.3) is 0 Å². The molecule has 0 bridgehead atoms. The lowest BCUT2D eigenvalue weighted by Crippen LogP contribution is -2.03. The number of rotatable bonds is 5. The molecule has 3 rings (SSSR count). The van der Waals surface area contributed by atoms with E-state index in [0.717, 1.165) is 32.7 Å². The minimum absolute atomic E-state index is 0.0123. The molecule has 2 aromatic carbocycles. The third-order valence-electron chi connectivity index (χ3n) is 4.96. The SMILES string of the molecule is COC(=O)CC1=C(C)C(Cc2ccc(S(C)=O)cc2)c2cc(F)ccc21. The average molecular weight is 372 g/mol. The largest absolute Gasteiger partial charge is 0.469 e. The minimum Gasteiger partial charge on any atom is -0.469 e. The highest BCUT2D eigenvalue weighted by Crippen LogP contribution is 2.45. The molecule has 0 saturated heterocycles. The smallest absolute Gasteiger partial charge is 0.309 e. The van der Waals surface area contributed by atoms with Crippen LogP contribution >= 0.6 is 0 Å². The lowest BCUT2D eigenvalue weighted by atomic mass is 9.90. The zero-order valence-electron chi connectivity index (χ0n) is 15.0. The van der Waals surface area contributed by atoms with E-state index < -0.39 is 10.8 Å². The highest BCUT2D eigenvalue weighted by Gasteiger charge is 2.30. The fraction of sp³-hybridized carbons (Fsp3) is 0.286. The van der Waals surface area contributed by atoms with E-state index in [9.17, 15) is 13.4 Å². The highest BCUT2D eigenvalue weighted by atomic mass is 32.2. The molecule has 1 aliphatic carbocycles. The maximum absolute atomic E-state index is 13.9. The molecule has 136 valence electrons. The zero-order chi connectivity index (χ0) is 18.8. The van der Waals surface area contributed by atoms with Gasteiger partial charge in [-0.3, -0.25) is 9.00 Å². The van der Waals surface area contributed by atoms with Crippen LogP contribution in [0.2, 0.25) is 0 Å². The van der Waals surface area contributed by atoms with Gasteiger partial charge in [0.1, 0.15) is 5.82 Å². The standard InChI is InChI=1S/C21H21FO3S/c1-13-18(10-14-4-7-16(8-5-14)26(3)24)20-11-15(22)6-9-17(20)19(13)12-21(23)25-2/h4-9,11,18H,10,12H2,1-3H3. The number of benzene rings is 2. The highest BCUT2D eigenvalue weighted by molar-refractivity contribution is 7.84. The van der Waals surface area contributed by atoms with Crippen molar-refractivity contribution in [2.24, 2.45) is 0 Å². The van der Waals surface area contributed by atoms with Crippen molar-refractivity contribution in [3.8, 4) is 0 Å². The van der Waals surface area contributed by atoms with Crippen LogP contribution < -0.4 is 0 Å². The summed E-state index contributed by atoms with van der Waals surface area (Å²) in [5.74, 6) is -0.569. The number of carbonyl (C=O) groups is 1. The quantitative estimate of drug-likeness (QED) is 0.738. The summed E-state index contributed by atoms with van der Waals surface area (Å²) in [5, 5.41) is 0. The van der Waals surface area contributed by atoms with Crippen LogP contribution in [-0.2, 0) is 26.8 Å². The van der Waals surface area contributed by atoms with Crippen molar-refractivity contribution in [2.75, 3.05) is 13.4 Å². The number of hydrogen-bond acceptors (Lipinski definition) is 3. The van der Waals surface area contributed by atoms with E-state index in [4.69, 9.17) is 4.74 Å². The normalized spacial score (nSPS) is 17.2. The van der Waals surface area contributed by atoms with Crippen molar-refractivity contribution >= 4 is 22.3 Å². The molecule has 0 spiro atoms. The molecule has 1 aliphatic rings. The van der Waals surface area contributed by atoms with E-state index in [1.807, 2.05) is 31.2 Å². The van der Waals surface area contributed by atoms with Crippen LogP contribution in [0.4, 0.5) is 4.39 Å². The van der Waals surface area contributed by atoms with Gasteiger partial charge in [0.05, 0.1) is 13.5 Å². The molecule has 2 atom stereocenters. The molecule has 5 heteroatoms. The molecule has 26 heavy (non-hydrogen) atoms. The summed E-state index contributed by atoms with van der Waals surface area (Å²) < 4.78 is 30.2. The van der Waals surface area contributed by atoms with Gasteiger partial charge in [0, 0.05) is 27.9 Å². The number of fused-ring (bicyclic) bond motifs is 1. The number of esters is 1. The van der Waals surface area contributed by atoms with Crippen molar-refractivity contribution < 1.29 is 18.1 Å². The van der Waals surface area contributed by atoms with Gasteiger partial charge in [-0.2, -0.15) is 0 Å². The van der Waals surface area contributed by atoms with Crippen molar-refractivity contribution in [3.63, 3.8) is 0 Å². The van der Waals surface area contributed by atoms with Crippen LogP contribution in [0, 0.1) is 5.82 Å². The van der Waals surface area contributed by atoms with E-state index >= 15 is 0 Å². The van der Waals surface area contributed by atoms with Gasteiger partial charge in [0.15, 0.2) is 0 Å². The average Bonchev–Trinajstić information content (AvgIpc) is 2.87. The van der Waals surface area contributed by atoms with Crippen molar-refractivity contribution in [2.45, 2.75) is 30.6 Å². The van der Waals surface area contributed by atoms with Crippen LogP contribution in [0.1, 0.15) is 36.0 Å². The van der Waals surface area contributed by atoms with Gasteiger partial charge < -0.3 is 4.74 Å². The number of halogens is 1. The fourth-order valence-corrected chi connectivity index (χ4v) is 4.04. The second kappa shape index (κ2) is 7.54. The predicted molar refractivity (Wildman–Crippen MR) is 101 cm³/mol. The summed E-state index contributed by atoms with van der Waals surface area (Å²) in [6.07, 6.45) is 2.53. The Labute approximate surface area is 155 Å². The Balaban J connectivity index is 1.96. The summed E-state index contributed by atoms with van der Waals surface area (Å²) in [6.45, 7) is 2.00. The molecule has 2 aromatic rings. The monoisotopic (exact) mass is 372 g/mol. The van der Waals surface area contributed by atoms with Crippen molar-refractivity contribution in [1.82, 2.24) is 0 Å². The molecule has 0 aliphatic heterocycles. The summed E-state index contributed by atoms with van der Waals surface area (Å²) in [7, 11) is 0.359. The zero-order valence-corrected chi connectivity index (χ0v) is 15.9.